The molecule has 1 N–H and O–H groups in total. The largest absolute Gasteiger partial charge is 0.508 e. The number of aromatic nitrogens is 2. The third kappa shape index (κ3) is 4.27. The molecule has 2 aliphatic carbocycles. The molecule has 2 aromatic heterocycles. The SMILES string of the molecule is CCN1C(=O)[C@H]2[C@H](CC=C3[C@H]2C[C@H]2C(=O)N(c4cc(-c5sc6ccc(Cl)cc6c5C)nn4C)C(=O)[C@@]2(C)[C@H]3c2ccc(OC)cc2O)C1=O. The fraction of sp³-hybridized carbons (Fsp3) is 0.378. The summed E-state index contributed by atoms with van der Waals surface area (Å²) in [4.78, 5) is 60.2. The smallest absolute Gasteiger partial charge is 0.242 e. The number of methoxy groups -OCH3 is 1. The standard InChI is InChI=1S/C37H35ClN4O6S/c1-6-41-33(44)22-11-10-20-24(30(22)35(41)46)15-25-34(45)42(36(47)37(25,3)31(20)21-9-8-19(48-5)14-27(21)43)29-16-26(39-40(29)4)32-17(2)23-13-18(38)7-12-28(23)49-32/h7-10,12-14,16,22,24-25,30-31,43H,6,11,15H2,1-5H3/t22-,24+,25-,30-,31+,37+/m0/s1. The van der Waals surface area contributed by atoms with Crippen molar-refractivity contribution in [3.63, 3.8) is 0 Å². The van der Waals surface area contributed by atoms with E-state index in [0.717, 1.165) is 26.1 Å². The van der Waals surface area contributed by atoms with Gasteiger partial charge in [0.2, 0.25) is 23.6 Å². The molecular formula is C37H35ClN4O6S. The van der Waals surface area contributed by atoms with E-state index in [9.17, 15) is 24.3 Å². The molecule has 0 bridgehead atoms. The summed E-state index contributed by atoms with van der Waals surface area (Å²) in [7, 11) is 3.22. The molecule has 49 heavy (non-hydrogen) atoms. The monoisotopic (exact) mass is 698 g/mol. The molecule has 2 saturated heterocycles. The van der Waals surface area contributed by atoms with Gasteiger partial charge in [-0.2, -0.15) is 5.10 Å². The average Bonchev–Trinajstić information content (AvgIpc) is 3.75. The molecule has 0 radical (unpaired) electrons. The Morgan fingerprint density at radius 3 is 2.55 bits per heavy atom. The van der Waals surface area contributed by atoms with Gasteiger partial charge in [0.05, 0.1) is 35.2 Å². The predicted molar refractivity (Wildman–Crippen MR) is 185 cm³/mol. The molecule has 2 aromatic carbocycles. The molecule has 4 aliphatic rings. The Bertz CT molecular complexity index is 2170. The van der Waals surface area contributed by atoms with E-state index in [-0.39, 0.29) is 36.4 Å². The Kier molecular flexibility index (Phi) is 7.14. The van der Waals surface area contributed by atoms with Crippen molar-refractivity contribution >= 4 is 62.5 Å². The Balaban J connectivity index is 1.26. The van der Waals surface area contributed by atoms with Crippen LogP contribution in [-0.4, -0.2) is 57.1 Å². The van der Waals surface area contributed by atoms with Crippen LogP contribution in [-0.2, 0) is 26.2 Å². The van der Waals surface area contributed by atoms with Gasteiger partial charge >= 0.3 is 0 Å². The number of benzene rings is 2. The van der Waals surface area contributed by atoms with Crippen molar-refractivity contribution in [2.75, 3.05) is 18.6 Å². The maximum atomic E-state index is 14.9. The van der Waals surface area contributed by atoms with Gasteiger partial charge in [0.15, 0.2) is 0 Å². The summed E-state index contributed by atoms with van der Waals surface area (Å²) in [6, 6.07) is 12.5. The second-order valence-corrected chi connectivity index (χ2v) is 15.2. The molecule has 1 saturated carbocycles. The average molecular weight is 699 g/mol. The number of amides is 4. The normalized spacial score (nSPS) is 27.9. The fourth-order valence-electron chi connectivity index (χ4n) is 9.06. The summed E-state index contributed by atoms with van der Waals surface area (Å²) in [5, 5.41) is 17.8. The van der Waals surface area contributed by atoms with Crippen LogP contribution < -0.4 is 9.64 Å². The summed E-state index contributed by atoms with van der Waals surface area (Å²) < 4.78 is 7.96. The molecule has 0 spiro atoms. The molecule has 8 rings (SSSR count). The highest BCUT2D eigenvalue weighted by Crippen LogP contribution is 2.64. The number of halogens is 1. The number of aryl methyl sites for hydroxylation is 2. The number of allylic oxidation sites excluding steroid dienone is 2. The minimum absolute atomic E-state index is 0.0705. The van der Waals surface area contributed by atoms with Crippen molar-refractivity contribution < 1.29 is 29.0 Å². The lowest BCUT2D eigenvalue weighted by Gasteiger charge is -2.49. The number of aromatic hydroxyl groups is 1. The van der Waals surface area contributed by atoms with Crippen molar-refractivity contribution in [2.45, 2.75) is 39.5 Å². The van der Waals surface area contributed by atoms with E-state index in [4.69, 9.17) is 21.4 Å². The van der Waals surface area contributed by atoms with Crippen LogP contribution in [0.2, 0.25) is 5.02 Å². The maximum absolute atomic E-state index is 14.9. The number of phenols is 1. The van der Waals surface area contributed by atoms with Gasteiger partial charge in [-0.3, -0.25) is 28.8 Å². The second kappa shape index (κ2) is 11.0. The van der Waals surface area contributed by atoms with Crippen molar-refractivity contribution in [1.82, 2.24) is 14.7 Å². The molecule has 10 nitrogen and oxygen atoms in total. The molecule has 4 heterocycles. The number of imide groups is 2. The van der Waals surface area contributed by atoms with Crippen LogP contribution >= 0.6 is 22.9 Å². The predicted octanol–water partition coefficient (Wildman–Crippen LogP) is 6.23. The van der Waals surface area contributed by atoms with Gasteiger partial charge in [0, 0.05) is 46.9 Å². The van der Waals surface area contributed by atoms with E-state index in [2.05, 4.69) is 0 Å². The van der Waals surface area contributed by atoms with Gasteiger partial charge in [-0.15, -0.1) is 11.3 Å². The number of anilines is 1. The third-order valence-corrected chi connectivity index (χ3v) is 13.0. The van der Waals surface area contributed by atoms with Gasteiger partial charge in [-0.25, -0.2) is 4.90 Å². The van der Waals surface area contributed by atoms with Crippen LogP contribution in [0.5, 0.6) is 11.5 Å². The molecule has 252 valence electrons. The highest BCUT2D eigenvalue weighted by Gasteiger charge is 2.68. The number of nitrogens with zero attached hydrogens (tertiary/aromatic N) is 4. The molecule has 4 amide bonds. The number of ether oxygens (including phenoxy) is 1. The first-order valence-electron chi connectivity index (χ1n) is 16.4. The Morgan fingerprint density at radius 2 is 1.84 bits per heavy atom. The van der Waals surface area contributed by atoms with E-state index in [1.54, 1.807) is 55.1 Å². The highest BCUT2D eigenvalue weighted by molar-refractivity contribution is 7.22. The first-order chi connectivity index (χ1) is 23.4. The van der Waals surface area contributed by atoms with Crippen molar-refractivity contribution in [3.8, 4) is 22.1 Å². The van der Waals surface area contributed by atoms with Gasteiger partial charge in [-0.1, -0.05) is 29.3 Å². The van der Waals surface area contributed by atoms with Gasteiger partial charge in [0.1, 0.15) is 23.0 Å². The summed E-state index contributed by atoms with van der Waals surface area (Å²) in [5.74, 6) is -3.66. The van der Waals surface area contributed by atoms with E-state index in [0.29, 0.717) is 34.3 Å². The number of hydrogen-bond donors (Lipinski definition) is 1. The van der Waals surface area contributed by atoms with Crippen LogP contribution in [0.1, 0.15) is 43.7 Å². The van der Waals surface area contributed by atoms with Gasteiger partial charge < -0.3 is 9.84 Å². The second-order valence-electron chi connectivity index (χ2n) is 13.7. The van der Waals surface area contributed by atoms with Crippen molar-refractivity contribution in [2.24, 2.45) is 36.1 Å². The minimum Gasteiger partial charge on any atom is -0.508 e. The van der Waals surface area contributed by atoms with E-state index in [1.807, 2.05) is 31.2 Å². The number of thiophene rings is 1. The topological polar surface area (TPSA) is 122 Å². The Hall–Kier alpha value is -4.48. The van der Waals surface area contributed by atoms with Crippen LogP contribution in [0.4, 0.5) is 5.82 Å². The first kappa shape index (κ1) is 31.8. The number of fused-ring (bicyclic) bond motifs is 5. The summed E-state index contributed by atoms with van der Waals surface area (Å²) in [6.07, 6.45) is 2.56. The van der Waals surface area contributed by atoms with E-state index >= 15 is 0 Å². The van der Waals surface area contributed by atoms with Crippen LogP contribution in [0.25, 0.3) is 20.7 Å². The summed E-state index contributed by atoms with van der Waals surface area (Å²) >= 11 is 7.86. The quantitative estimate of drug-likeness (QED) is 0.194. The van der Waals surface area contributed by atoms with Crippen LogP contribution in [0.15, 0.2) is 54.1 Å². The number of carbonyl (C=O) groups excluding carboxylic acids is 4. The Morgan fingerprint density at radius 1 is 1.06 bits per heavy atom. The van der Waals surface area contributed by atoms with E-state index in [1.165, 1.54) is 23.0 Å². The molecule has 2 aliphatic heterocycles. The van der Waals surface area contributed by atoms with Gasteiger partial charge in [0.25, 0.3) is 0 Å². The number of rotatable bonds is 5. The van der Waals surface area contributed by atoms with Crippen LogP contribution in [0.3, 0.4) is 0 Å². The number of carbonyl (C=O) groups is 4. The number of phenolic OH excluding ortho intramolecular Hbond substituents is 1. The lowest BCUT2D eigenvalue weighted by atomic mass is 9.51. The third-order valence-electron chi connectivity index (χ3n) is 11.4. The Labute approximate surface area is 291 Å². The minimum atomic E-state index is -1.30. The van der Waals surface area contributed by atoms with Crippen molar-refractivity contribution in [1.29, 1.82) is 0 Å². The zero-order valence-corrected chi connectivity index (χ0v) is 29.3. The summed E-state index contributed by atoms with van der Waals surface area (Å²) in [6.45, 7) is 5.86. The number of hydrogen-bond acceptors (Lipinski definition) is 8. The lowest BCUT2D eigenvalue weighted by molar-refractivity contribution is -0.140. The zero-order chi connectivity index (χ0) is 34.7. The number of likely N-dealkylation sites (tertiary alicyclic amines) is 1. The molecule has 3 fully saturated rings. The van der Waals surface area contributed by atoms with E-state index < -0.39 is 40.9 Å². The lowest BCUT2D eigenvalue weighted by Crippen LogP contribution is -2.49. The zero-order valence-electron chi connectivity index (χ0n) is 27.7. The molecular weight excluding hydrogens is 664 g/mol. The molecule has 6 atom stereocenters. The highest BCUT2D eigenvalue weighted by atomic mass is 35.5. The van der Waals surface area contributed by atoms with Gasteiger partial charge in [-0.05, 0) is 74.7 Å². The maximum Gasteiger partial charge on any atom is 0.242 e. The fourth-order valence-corrected chi connectivity index (χ4v) is 10.4. The molecule has 4 aromatic rings. The molecule has 12 heteroatoms. The summed E-state index contributed by atoms with van der Waals surface area (Å²) in [5.41, 5.74) is 1.62. The first-order valence-corrected chi connectivity index (χ1v) is 17.6. The van der Waals surface area contributed by atoms with Crippen molar-refractivity contribution in [3.05, 3.63) is 70.3 Å². The van der Waals surface area contributed by atoms with Crippen LogP contribution in [0, 0.1) is 36.0 Å². The molecule has 0 unspecified atom stereocenters.